The van der Waals surface area contributed by atoms with Crippen molar-refractivity contribution in [1.29, 1.82) is 0 Å². The molecule has 1 aliphatic rings. The molecule has 2 nitrogen and oxygen atoms in total. The maximum atomic E-state index is 10.7. The molecule has 0 saturated heterocycles. The summed E-state index contributed by atoms with van der Waals surface area (Å²) in [6.07, 6.45) is 4.07. The molecular weight excluding hydrogens is 413 g/mol. The molecule has 3 aromatic rings. The predicted octanol–water partition coefficient (Wildman–Crippen LogP) is 7.06. The molecule has 0 radical (unpaired) electrons. The number of aliphatic imine (C=N–C) groups is 1. The molecule has 1 N–H and O–H groups in total. The van der Waals surface area contributed by atoms with Crippen molar-refractivity contribution in [3.63, 3.8) is 0 Å². The molecular formula is C22H19Cl2NOTi. The number of hydrogen-bond acceptors (Lipinski definition) is 2. The number of para-hydroxylation sites is 1. The summed E-state index contributed by atoms with van der Waals surface area (Å²) in [6.45, 7) is 0. The third kappa shape index (κ3) is 5.70. The second-order valence-electron chi connectivity index (χ2n) is 6.31. The molecule has 1 fully saturated rings. The predicted molar refractivity (Wildman–Crippen MR) is 111 cm³/mol. The van der Waals surface area contributed by atoms with Crippen LogP contribution in [0.1, 0.15) is 29.9 Å². The van der Waals surface area contributed by atoms with Gasteiger partial charge in [-0.25, -0.2) is 0 Å². The second-order valence-corrected chi connectivity index (χ2v) is 8.89. The zero-order valence-corrected chi connectivity index (χ0v) is 17.7. The first-order valence-corrected chi connectivity index (χ1v) is 13.0. The number of aromatic hydroxyl groups is 1. The minimum atomic E-state index is -0.556. The topological polar surface area (TPSA) is 32.6 Å². The van der Waals surface area contributed by atoms with Crippen molar-refractivity contribution in [2.24, 2.45) is 4.99 Å². The van der Waals surface area contributed by atoms with E-state index < -0.39 is 17.0 Å². The average Bonchev–Trinajstić information content (AvgIpc) is 3.54. The second kappa shape index (κ2) is 10.1. The molecule has 1 aliphatic carbocycles. The van der Waals surface area contributed by atoms with E-state index >= 15 is 0 Å². The van der Waals surface area contributed by atoms with Crippen molar-refractivity contribution in [3.8, 4) is 16.9 Å². The fourth-order valence-corrected chi connectivity index (χ4v) is 2.94. The number of phenols is 1. The van der Waals surface area contributed by atoms with E-state index in [2.05, 4.69) is 23.2 Å². The minimum absolute atomic E-state index is 0.372. The van der Waals surface area contributed by atoms with Crippen LogP contribution in [0, 0.1) is 0 Å². The maximum absolute atomic E-state index is 10.7. The molecule has 0 unspecified atom stereocenters. The number of rotatable bonds is 4. The van der Waals surface area contributed by atoms with Crippen molar-refractivity contribution in [3.05, 3.63) is 83.9 Å². The third-order valence-corrected chi connectivity index (χ3v) is 4.40. The van der Waals surface area contributed by atoms with Crippen molar-refractivity contribution in [2.75, 3.05) is 0 Å². The Kier molecular flexibility index (Phi) is 7.54. The van der Waals surface area contributed by atoms with Gasteiger partial charge in [-0.05, 0) is 59.7 Å². The van der Waals surface area contributed by atoms with Gasteiger partial charge in [-0.3, -0.25) is 4.99 Å². The normalized spacial score (nSPS) is 13.1. The Morgan fingerprint density at radius 2 is 1.48 bits per heavy atom. The molecule has 0 spiro atoms. The van der Waals surface area contributed by atoms with Gasteiger partial charge in [0.2, 0.25) is 0 Å². The van der Waals surface area contributed by atoms with Crippen LogP contribution >= 0.6 is 18.6 Å². The Balaban J connectivity index is 0.000000659. The van der Waals surface area contributed by atoms with E-state index in [0.717, 1.165) is 40.8 Å². The number of hydrogen-bond donors (Lipinski definition) is 1. The molecule has 1 saturated carbocycles. The SMILES string of the molecule is Oc1c(C=Nc2ccccc2)cc(-c2ccccc2)cc1C1CC1.[Cl][Ti][Cl]. The van der Waals surface area contributed by atoms with E-state index in [1.54, 1.807) is 6.21 Å². The van der Waals surface area contributed by atoms with Crippen LogP contribution in [-0.2, 0) is 17.0 Å². The van der Waals surface area contributed by atoms with Crippen LogP contribution in [0.25, 0.3) is 11.1 Å². The van der Waals surface area contributed by atoms with E-state index in [1.807, 2.05) is 54.6 Å². The zero-order valence-electron chi connectivity index (χ0n) is 14.6. The van der Waals surface area contributed by atoms with E-state index in [1.165, 1.54) is 0 Å². The average molecular weight is 432 g/mol. The fourth-order valence-electron chi connectivity index (χ4n) is 2.94. The molecule has 3 aromatic carbocycles. The van der Waals surface area contributed by atoms with Gasteiger partial charge in [0.1, 0.15) is 5.75 Å². The molecule has 136 valence electrons. The molecule has 5 heteroatoms. The van der Waals surface area contributed by atoms with Crippen molar-refractivity contribution < 1.29 is 22.1 Å². The summed E-state index contributed by atoms with van der Waals surface area (Å²) in [6, 6.07) is 24.2. The fraction of sp³-hybridized carbons (Fsp3) is 0.136. The standard InChI is InChI=1S/C22H19NO.2ClH.Ti/c24-22-19(15-23-20-9-5-2-6-10-20)13-18(14-21(22)17-11-12-17)16-7-3-1-4-8-16;;;/h1-10,13-15,17,24H,11-12H2;2*1H;/q;;;+2/p-2. The molecule has 0 amide bonds. The van der Waals surface area contributed by atoms with E-state index in [0.29, 0.717) is 11.7 Å². The quantitative estimate of drug-likeness (QED) is 0.347. The van der Waals surface area contributed by atoms with Gasteiger partial charge in [0, 0.05) is 11.8 Å². The van der Waals surface area contributed by atoms with Crippen LogP contribution < -0.4 is 0 Å². The van der Waals surface area contributed by atoms with Crippen LogP contribution in [-0.4, -0.2) is 11.3 Å². The van der Waals surface area contributed by atoms with Crippen molar-refractivity contribution in [2.45, 2.75) is 18.8 Å². The molecule has 0 aromatic heterocycles. The van der Waals surface area contributed by atoms with Gasteiger partial charge in [-0.1, -0.05) is 48.5 Å². The summed E-state index contributed by atoms with van der Waals surface area (Å²) in [7, 11) is 9.78. The Labute approximate surface area is 176 Å². The number of phenolic OH excluding ortho intramolecular Hbond substituents is 1. The first-order valence-electron chi connectivity index (χ1n) is 8.70. The number of halogens is 2. The van der Waals surface area contributed by atoms with Gasteiger partial charge < -0.3 is 5.11 Å². The number of benzene rings is 3. The monoisotopic (exact) mass is 431 g/mol. The Morgan fingerprint density at radius 1 is 0.889 bits per heavy atom. The van der Waals surface area contributed by atoms with Crippen molar-refractivity contribution in [1.82, 2.24) is 0 Å². The summed E-state index contributed by atoms with van der Waals surface area (Å²) >= 11 is -0.556. The van der Waals surface area contributed by atoms with Crippen LogP contribution in [0.4, 0.5) is 5.69 Å². The Bertz CT molecular complexity index is 897. The zero-order chi connectivity index (χ0) is 19.1. The number of nitrogens with zero attached hydrogens (tertiary/aromatic N) is 1. The molecule has 0 heterocycles. The Hall–Kier alpha value is -1.58. The summed E-state index contributed by atoms with van der Waals surface area (Å²) in [5, 5.41) is 10.7. The first kappa shape index (κ1) is 20.2. The van der Waals surface area contributed by atoms with E-state index in [4.69, 9.17) is 18.6 Å². The summed E-state index contributed by atoms with van der Waals surface area (Å²) < 4.78 is 0. The molecule has 27 heavy (non-hydrogen) atoms. The first-order chi connectivity index (χ1) is 13.2. The van der Waals surface area contributed by atoms with Crippen LogP contribution in [0.15, 0.2) is 77.8 Å². The molecule has 0 bridgehead atoms. The van der Waals surface area contributed by atoms with Gasteiger partial charge >= 0.3 is 35.6 Å². The van der Waals surface area contributed by atoms with Crippen molar-refractivity contribution >= 4 is 30.5 Å². The van der Waals surface area contributed by atoms with Crippen LogP contribution in [0.2, 0.25) is 0 Å². The third-order valence-electron chi connectivity index (χ3n) is 4.40. The van der Waals surface area contributed by atoms with E-state index in [-0.39, 0.29) is 0 Å². The van der Waals surface area contributed by atoms with Gasteiger partial charge in [-0.2, -0.15) is 0 Å². The van der Waals surface area contributed by atoms with Gasteiger partial charge in [0.15, 0.2) is 0 Å². The van der Waals surface area contributed by atoms with Gasteiger partial charge in [0.25, 0.3) is 0 Å². The molecule has 0 aliphatic heterocycles. The molecule has 4 rings (SSSR count). The summed E-state index contributed by atoms with van der Waals surface area (Å²) in [5.74, 6) is 0.856. The summed E-state index contributed by atoms with van der Waals surface area (Å²) in [4.78, 5) is 4.51. The van der Waals surface area contributed by atoms with Gasteiger partial charge in [0.05, 0.1) is 5.69 Å². The van der Waals surface area contributed by atoms with Crippen LogP contribution in [0.5, 0.6) is 5.75 Å². The van der Waals surface area contributed by atoms with Crippen LogP contribution in [0.3, 0.4) is 0 Å². The van der Waals surface area contributed by atoms with Gasteiger partial charge in [-0.15, -0.1) is 0 Å². The summed E-state index contributed by atoms with van der Waals surface area (Å²) in [5.41, 5.74) is 5.00. The Morgan fingerprint density at radius 3 is 2.07 bits per heavy atom. The molecule has 0 atom stereocenters. The van der Waals surface area contributed by atoms with E-state index in [9.17, 15) is 5.11 Å².